The standard InChI is InChI=1S/C26H28N2O4/c1-2-28-14-13-26(12-11-24(28)29)16-21(20-8-4-6-10-23(20)32-26)27-25(30)19-15-18-7-3-5-9-22(18)31-17-19/h3-10,15,21H,2,11-14,16-17H2,1H3,(H,27,30)/t21-,26+/m0/s1. The number of fused-ring (bicyclic) bond motifs is 2. The molecule has 2 atom stereocenters. The summed E-state index contributed by atoms with van der Waals surface area (Å²) in [4.78, 5) is 27.6. The van der Waals surface area contributed by atoms with E-state index in [1.165, 1.54) is 0 Å². The Kier molecular flexibility index (Phi) is 5.37. The molecule has 0 radical (unpaired) electrons. The number of nitrogens with one attached hydrogen (secondary N) is 1. The zero-order valence-corrected chi connectivity index (χ0v) is 18.3. The summed E-state index contributed by atoms with van der Waals surface area (Å²) in [6, 6.07) is 15.4. The van der Waals surface area contributed by atoms with Crippen LogP contribution in [-0.4, -0.2) is 42.0 Å². The third kappa shape index (κ3) is 3.85. The maximum atomic E-state index is 13.2. The van der Waals surface area contributed by atoms with Crippen LogP contribution in [0.4, 0.5) is 0 Å². The lowest BCUT2D eigenvalue weighted by Crippen LogP contribution is -2.46. The molecule has 2 amide bonds. The summed E-state index contributed by atoms with van der Waals surface area (Å²) in [5.41, 5.74) is 2.03. The van der Waals surface area contributed by atoms with Gasteiger partial charge in [0.05, 0.1) is 11.6 Å². The molecule has 2 aromatic rings. The number of rotatable bonds is 3. The minimum Gasteiger partial charge on any atom is -0.488 e. The molecule has 1 N–H and O–H groups in total. The normalized spacial score (nSPS) is 24.4. The van der Waals surface area contributed by atoms with Crippen LogP contribution in [0.1, 0.15) is 49.8 Å². The van der Waals surface area contributed by atoms with Crippen LogP contribution in [0, 0.1) is 0 Å². The monoisotopic (exact) mass is 432 g/mol. The number of ether oxygens (including phenoxy) is 2. The van der Waals surface area contributed by atoms with Gasteiger partial charge < -0.3 is 19.7 Å². The molecule has 0 aliphatic carbocycles. The summed E-state index contributed by atoms with van der Waals surface area (Å²) >= 11 is 0. The van der Waals surface area contributed by atoms with E-state index in [-0.39, 0.29) is 24.5 Å². The van der Waals surface area contributed by atoms with Crippen LogP contribution in [0.15, 0.2) is 54.1 Å². The number of para-hydroxylation sites is 2. The van der Waals surface area contributed by atoms with Crippen LogP contribution >= 0.6 is 0 Å². The molecule has 3 heterocycles. The second kappa shape index (κ2) is 8.34. The maximum absolute atomic E-state index is 13.2. The Hall–Kier alpha value is -3.28. The first-order chi connectivity index (χ1) is 15.6. The number of benzene rings is 2. The van der Waals surface area contributed by atoms with Crippen LogP contribution in [0.25, 0.3) is 6.08 Å². The summed E-state index contributed by atoms with van der Waals surface area (Å²) in [6.45, 7) is 3.64. The van der Waals surface area contributed by atoms with E-state index in [0.29, 0.717) is 37.9 Å². The summed E-state index contributed by atoms with van der Waals surface area (Å²) in [7, 11) is 0. The summed E-state index contributed by atoms with van der Waals surface area (Å²) in [6.07, 6.45) is 4.42. The molecule has 6 nitrogen and oxygen atoms in total. The molecule has 2 aromatic carbocycles. The number of likely N-dealkylation sites (tertiary alicyclic amines) is 1. The molecule has 32 heavy (non-hydrogen) atoms. The Bertz CT molecular complexity index is 1080. The molecule has 1 spiro atoms. The average molecular weight is 433 g/mol. The number of nitrogens with zero attached hydrogens (tertiary/aromatic N) is 1. The minimum absolute atomic E-state index is 0.128. The average Bonchev–Trinajstić information content (AvgIpc) is 2.97. The molecule has 0 aromatic heterocycles. The third-order valence-electron chi connectivity index (χ3n) is 6.79. The lowest BCUT2D eigenvalue weighted by molar-refractivity contribution is -0.130. The van der Waals surface area contributed by atoms with Crippen molar-refractivity contribution in [2.45, 2.75) is 44.2 Å². The lowest BCUT2D eigenvalue weighted by atomic mass is 9.82. The zero-order chi connectivity index (χ0) is 22.1. The van der Waals surface area contributed by atoms with Crippen molar-refractivity contribution in [2.75, 3.05) is 19.7 Å². The molecule has 3 aliphatic heterocycles. The number of hydrogen-bond donors (Lipinski definition) is 1. The van der Waals surface area contributed by atoms with E-state index in [0.717, 1.165) is 29.0 Å². The van der Waals surface area contributed by atoms with E-state index in [4.69, 9.17) is 9.47 Å². The Balaban J connectivity index is 1.40. The third-order valence-corrected chi connectivity index (χ3v) is 6.79. The predicted molar refractivity (Wildman–Crippen MR) is 121 cm³/mol. The molecular formula is C26H28N2O4. The molecular weight excluding hydrogens is 404 g/mol. The van der Waals surface area contributed by atoms with Crippen LogP contribution in [-0.2, 0) is 9.59 Å². The molecule has 5 rings (SSSR count). The predicted octanol–water partition coefficient (Wildman–Crippen LogP) is 3.87. The van der Waals surface area contributed by atoms with Crippen molar-refractivity contribution in [3.05, 3.63) is 65.2 Å². The fraction of sp³-hybridized carbons (Fsp3) is 0.385. The van der Waals surface area contributed by atoms with Crippen molar-refractivity contribution in [3.8, 4) is 11.5 Å². The van der Waals surface area contributed by atoms with Crippen LogP contribution in [0.5, 0.6) is 11.5 Å². The largest absolute Gasteiger partial charge is 0.488 e. The van der Waals surface area contributed by atoms with Gasteiger partial charge in [0.25, 0.3) is 5.91 Å². The smallest absolute Gasteiger partial charge is 0.251 e. The van der Waals surface area contributed by atoms with Gasteiger partial charge in [-0.1, -0.05) is 36.4 Å². The van der Waals surface area contributed by atoms with Gasteiger partial charge in [-0.05, 0) is 31.6 Å². The number of hydrogen-bond acceptors (Lipinski definition) is 4. The molecule has 3 aliphatic rings. The van der Waals surface area contributed by atoms with Crippen molar-refractivity contribution >= 4 is 17.9 Å². The van der Waals surface area contributed by atoms with Gasteiger partial charge >= 0.3 is 0 Å². The van der Waals surface area contributed by atoms with Crippen LogP contribution in [0.2, 0.25) is 0 Å². The maximum Gasteiger partial charge on any atom is 0.251 e. The quantitative estimate of drug-likeness (QED) is 0.800. The summed E-state index contributed by atoms with van der Waals surface area (Å²) in [5.74, 6) is 1.63. The topological polar surface area (TPSA) is 67.9 Å². The highest BCUT2D eigenvalue weighted by atomic mass is 16.5. The van der Waals surface area contributed by atoms with Crippen LogP contribution in [0.3, 0.4) is 0 Å². The molecule has 0 saturated carbocycles. The fourth-order valence-corrected chi connectivity index (χ4v) is 4.97. The van der Waals surface area contributed by atoms with Gasteiger partial charge in [0.1, 0.15) is 23.7 Å². The Morgan fingerprint density at radius 2 is 1.91 bits per heavy atom. The molecule has 0 bridgehead atoms. The van der Waals surface area contributed by atoms with Gasteiger partial charge in [-0.3, -0.25) is 9.59 Å². The second-order valence-electron chi connectivity index (χ2n) is 8.77. The number of amides is 2. The highest BCUT2D eigenvalue weighted by molar-refractivity contribution is 5.99. The van der Waals surface area contributed by atoms with Gasteiger partial charge in [0.15, 0.2) is 0 Å². The molecule has 6 heteroatoms. The minimum atomic E-state index is -0.462. The van der Waals surface area contributed by atoms with Crippen molar-refractivity contribution in [1.29, 1.82) is 0 Å². The van der Waals surface area contributed by atoms with Crippen molar-refractivity contribution in [3.63, 3.8) is 0 Å². The molecule has 1 fully saturated rings. The number of carbonyl (C=O) groups excluding carboxylic acids is 2. The van der Waals surface area contributed by atoms with Gasteiger partial charge in [0.2, 0.25) is 5.91 Å². The van der Waals surface area contributed by atoms with Crippen molar-refractivity contribution in [1.82, 2.24) is 10.2 Å². The number of carbonyl (C=O) groups is 2. The van der Waals surface area contributed by atoms with E-state index in [1.54, 1.807) is 0 Å². The fourth-order valence-electron chi connectivity index (χ4n) is 4.97. The molecule has 0 unspecified atom stereocenters. The molecule has 166 valence electrons. The first-order valence-corrected chi connectivity index (χ1v) is 11.4. The summed E-state index contributed by atoms with van der Waals surface area (Å²) in [5, 5.41) is 3.24. The first-order valence-electron chi connectivity index (χ1n) is 11.4. The van der Waals surface area contributed by atoms with Crippen LogP contribution < -0.4 is 14.8 Å². The summed E-state index contributed by atoms with van der Waals surface area (Å²) < 4.78 is 12.3. The molecule has 1 saturated heterocycles. The van der Waals surface area contributed by atoms with E-state index in [9.17, 15) is 9.59 Å². The van der Waals surface area contributed by atoms with Gasteiger partial charge in [-0.2, -0.15) is 0 Å². The Morgan fingerprint density at radius 3 is 2.75 bits per heavy atom. The highest BCUT2D eigenvalue weighted by Crippen LogP contribution is 2.44. The zero-order valence-electron chi connectivity index (χ0n) is 18.3. The van der Waals surface area contributed by atoms with Crippen molar-refractivity contribution in [2.24, 2.45) is 0 Å². The Morgan fingerprint density at radius 1 is 1.12 bits per heavy atom. The van der Waals surface area contributed by atoms with Gasteiger partial charge in [-0.15, -0.1) is 0 Å². The lowest BCUT2D eigenvalue weighted by Gasteiger charge is -2.42. The van der Waals surface area contributed by atoms with E-state index in [2.05, 4.69) is 5.32 Å². The highest BCUT2D eigenvalue weighted by Gasteiger charge is 2.43. The van der Waals surface area contributed by atoms with E-state index >= 15 is 0 Å². The SMILES string of the molecule is CCN1CC[C@]2(CCC1=O)C[C@H](NC(=O)C1=Cc3ccccc3OC1)c1ccccc1O2. The van der Waals surface area contributed by atoms with E-state index < -0.39 is 5.60 Å². The Labute approximate surface area is 188 Å². The van der Waals surface area contributed by atoms with E-state index in [1.807, 2.05) is 66.4 Å². The second-order valence-corrected chi connectivity index (χ2v) is 8.77. The first kappa shape index (κ1) is 20.6. The van der Waals surface area contributed by atoms with Gasteiger partial charge in [0, 0.05) is 43.5 Å². The van der Waals surface area contributed by atoms with Gasteiger partial charge in [-0.25, -0.2) is 0 Å². The van der Waals surface area contributed by atoms with Crippen molar-refractivity contribution < 1.29 is 19.1 Å².